The second-order valence-electron chi connectivity index (χ2n) is 5.43. The summed E-state index contributed by atoms with van der Waals surface area (Å²) in [6, 6.07) is 15.2. The molecule has 0 aliphatic rings. The van der Waals surface area contributed by atoms with Crippen molar-refractivity contribution in [1.29, 1.82) is 0 Å². The number of nitrogens with zero attached hydrogens (tertiary/aromatic N) is 1. The third kappa shape index (κ3) is 4.60. The number of allylic oxidation sites excluding steroid dienone is 1. The zero-order chi connectivity index (χ0) is 16.8. The molecule has 1 atom stereocenters. The first kappa shape index (κ1) is 17.6. The molecule has 0 N–H and O–H groups in total. The van der Waals surface area contributed by atoms with Crippen LogP contribution >= 0.6 is 23.2 Å². The normalized spacial score (nSPS) is 11.8. The average Bonchev–Trinajstić information content (AvgIpc) is 2.55. The van der Waals surface area contributed by atoms with Crippen LogP contribution in [-0.2, 0) is 11.3 Å². The summed E-state index contributed by atoms with van der Waals surface area (Å²) in [6.07, 6.45) is 2.30. The summed E-state index contributed by atoms with van der Waals surface area (Å²) in [6.45, 7) is 4.33. The molecule has 0 saturated heterocycles. The number of carbonyl (C=O) groups excluding carboxylic acids is 1. The van der Waals surface area contributed by atoms with Crippen molar-refractivity contribution in [2.24, 2.45) is 0 Å². The maximum atomic E-state index is 12.8. The molecule has 2 nitrogen and oxygen atoms in total. The van der Waals surface area contributed by atoms with E-state index < -0.39 is 0 Å². The van der Waals surface area contributed by atoms with Crippen molar-refractivity contribution in [3.63, 3.8) is 0 Å². The van der Waals surface area contributed by atoms with E-state index in [4.69, 9.17) is 23.2 Å². The quantitative estimate of drug-likeness (QED) is 0.648. The zero-order valence-corrected chi connectivity index (χ0v) is 14.5. The van der Waals surface area contributed by atoms with E-state index in [1.807, 2.05) is 43.4 Å². The van der Waals surface area contributed by atoms with E-state index in [9.17, 15) is 4.79 Å². The Morgan fingerprint density at radius 1 is 1.17 bits per heavy atom. The summed E-state index contributed by atoms with van der Waals surface area (Å²) in [7, 11) is 1.81. The van der Waals surface area contributed by atoms with E-state index in [-0.39, 0.29) is 11.8 Å². The van der Waals surface area contributed by atoms with E-state index >= 15 is 0 Å². The molecule has 0 aromatic heterocycles. The first-order valence-electron chi connectivity index (χ1n) is 7.37. The number of benzene rings is 2. The van der Waals surface area contributed by atoms with Crippen LogP contribution < -0.4 is 0 Å². The van der Waals surface area contributed by atoms with Gasteiger partial charge in [0.1, 0.15) is 0 Å². The van der Waals surface area contributed by atoms with E-state index in [1.165, 1.54) is 0 Å². The first-order valence-corrected chi connectivity index (χ1v) is 8.13. The smallest absolute Gasteiger partial charge is 0.230 e. The van der Waals surface area contributed by atoms with Crippen LogP contribution in [0.5, 0.6) is 0 Å². The van der Waals surface area contributed by atoms with Gasteiger partial charge in [-0.05, 0) is 29.7 Å². The van der Waals surface area contributed by atoms with Crippen LogP contribution in [0.3, 0.4) is 0 Å². The van der Waals surface area contributed by atoms with Gasteiger partial charge in [0.25, 0.3) is 0 Å². The number of rotatable bonds is 6. The summed E-state index contributed by atoms with van der Waals surface area (Å²) < 4.78 is 0. The van der Waals surface area contributed by atoms with Gasteiger partial charge in [0, 0.05) is 13.6 Å². The molecule has 0 heterocycles. The SMILES string of the molecule is C=CC[C@H](C(=O)N(C)Cc1ccccc1)c1ccc(Cl)c(Cl)c1. The van der Waals surface area contributed by atoms with Crippen molar-refractivity contribution >= 4 is 29.1 Å². The highest BCUT2D eigenvalue weighted by atomic mass is 35.5. The lowest BCUT2D eigenvalue weighted by Crippen LogP contribution is -2.31. The molecule has 2 aromatic rings. The van der Waals surface area contributed by atoms with Gasteiger partial charge in [-0.2, -0.15) is 0 Å². The Morgan fingerprint density at radius 3 is 2.48 bits per heavy atom. The van der Waals surface area contributed by atoms with Crippen LogP contribution in [0.4, 0.5) is 0 Å². The Kier molecular flexibility index (Phi) is 6.26. The van der Waals surface area contributed by atoms with Crippen molar-refractivity contribution in [2.75, 3.05) is 7.05 Å². The van der Waals surface area contributed by atoms with Gasteiger partial charge in [-0.1, -0.05) is 65.7 Å². The zero-order valence-electron chi connectivity index (χ0n) is 13.0. The fourth-order valence-corrected chi connectivity index (χ4v) is 2.78. The van der Waals surface area contributed by atoms with Crippen LogP contribution in [0.2, 0.25) is 10.0 Å². The highest BCUT2D eigenvalue weighted by Crippen LogP contribution is 2.29. The Morgan fingerprint density at radius 2 is 1.87 bits per heavy atom. The first-order chi connectivity index (χ1) is 11.0. The topological polar surface area (TPSA) is 20.3 Å². The molecule has 1 amide bonds. The van der Waals surface area contributed by atoms with Gasteiger partial charge in [0.05, 0.1) is 16.0 Å². The summed E-state index contributed by atoms with van der Waals surface area (Å²) >= 11 is 12.1. The maximum Gasteiger partial charge on any atom is 0.230 e. The highest BCUT2D eigenvalue weighted by molar-refractivity contribution is 6.42. The predicted octanol–water partition coefficient (Wildman–Crippen LogP) is 5.31. The van der Waals surface area contributed by atoms with Crippen molar-refractivity contribution in [2.45, 2.75) is 18.9 Å². The van der Waals surface area contributed by atoms with Gasteiger partial charge >= 0.3 is 0 Å². The second kappa shape index (κ2) is 8.19. The van der Waals surface area contributed by atoms with Gasteiger partial charge in [-0.25, -0.2) is 0 Å². The van der Waals surface area contributed by atoms with Crippen molar-refractivity contribution in [3.8, 4) is 0 Å². The van der Waals surface area contributed by atoms with Crippen molar-refractivity contribution < 1.29 is 4.79 Å². The molecule has 120 valence electrons. The number of hydrogen-bond acceptors (Lipinski definition) is 1. The third-order valence-corrected chi connectivity index (χ3v) is 4.42. The van der Waals surface area contributed by atoms with Gasteiger partial charge in [-0.3, -0.25) is 4.79 Å². The number of amides is 1. The molecular weight excluding hydrogens is 329 g/mol. The minimum absolute atomic E-state index is 0.0344. The molecule has 0 fully saturated rings. The predicted molar refractivity (Wildman–Crippen MR) is 96.9 cm³/mol. The molecular formula is C19H19Cl2NO. The fraction of sp³-hybridized carbons (Fsp3) is 0.211. The maximum absolute atomic E-state index is 12.8. The number of hydrogen-bond donors (Lipinski definition) is 0. The molecule has 0 radical (unpaired) electrons. The molecule has 2 rings (SSSR count). The van der Waals surface area contributed by atoms with Gasteiger partial charge in [0.2, 0.25) is 5.91 Å². The number of carbonyl (C=O) groups is 1. The summed E-state index contributed by atoms with van der Waals surface area (Å²) in [4.78, 5) is 14.6. The van der Waals surface area contributed by atoms with Gasteiger partial charge < -0.3 is 4.90 Å². The van der Waals surface area contributed by atoms with Crippen LogP contribution in [0, 0.1) is 0 Å². The minimum atomic E-state index is -0.309. The number of halogens is 2. The van der Waals surface area contributed by atoms with Crippen LogP contribution in [0.15, 0.2) is 61.2 Å². The summed E-state index contributed by atoms with van der Waals surface area (Å²) in [5, 5.41) is 0.939. The standard InChI is InChI=1S/C19H19Cl2NO/c1-3-7-16(15-10-11-17(20)18(21)12-15)19(23)22(2)13-14-8-5-4-6-9-14/h3-6,8-12,16H,1,7,13H2,2H3/t16-/m0/s1. The molecule has 0 unspecified atom stereocenters. The minimum Gasteiger partial charge on any atom is -0.341 e. The van der Waals surface area contributed by atoms with E-state index in [2.05, 4.69) is 6.58 Å². The Bertz CT molecular complexity index is 685. The summed E-state index contributed by atoms with van der Waals surface area (Å²) in [5.74, 6) is -0.275. The van der Waals surface area contributed by atoms with Crippen LogP contribution in [0.25, 0.3) is 0 Å². The van der Waals surface area contributed by atoms with E-state index in [0.29, 0.717) is 23.0 Å². The van der Waals surface area contributed by atoms with E-state index in [1.54, 1.807) is 23.1 Å². The lowest BCUT2D eigenvalue weighted by atomic mass is 9.94. The molecule has 4 heteroatoms. The lowest BCUT2D eigenvalue weighted by Gasteiger charge is -2.24. The van der Waals surface area contributed by atoms with Gasteiger partial charge in [0.15, 0.2) is 0 Å². The molecule has 23 heavy (non-hydrogen) atoms. The third-order valence-electron chi connectivity index (χ3n) is 3.69. The molecule has 0 aliphatic carbocycles. The Balaban J connectivity index is 2.20. The molecule has 0 spiro atoms. The molecule has 2 aromatic carbocycles. The number of likely N-dealkylation sites (N-methyl/N-ethyl adjacent to an activating group) is 1. The van der Waals surface area contributed by atoms with Crippen LogP contribution in [0.1, 0.15) is 23.5 Å². The second-order valence-corrected chi connectivity index (χ2v) is 6.24. The lowest BCUT2D eigenvalue weighted by molar-refractivity contribution is -0.132. The van der Waals surface area contributed by atoms with Crippen molar-refractivity contribution in [1.82, 2.24) is 4.90 Å². The highest BCUT2D eigenvalue weighted by Gasteiger charge is 2.23. The van der Waals surface area contributed by atoms with E-state index in [0.717, 1.165) is 11.1 Å². The molecule has 0 saturated carbocycles. The Hall–Kier alpha value is -1.77. The van der Waals surface area contributed by atoms with Crippen molar-refractivity contribution in [3.05, 3.63) is 82.4 Å². The average molecular weight is 348 g/mol. The van der Waals surface area contributed by atoms with Crippen LogP contribution in [-0.4, -0.2) is 17.9 Å². The summed E-state index contributed by atoms with van der Waals surface area (Å²) in [5.41, 5.74) is 1.94. The largest absolute Gasteiger partial charge is 0.341 e. The fourth-order valence-electron chi connectivity index (χ4n) is 2.48. The molecule has 0 aliphatic heterocycles. The van der Waals surface area contributed by atoms with Gasteiger partial charge in [-0.15, -0.1) is 6.58 Å². The Labute approximate surface area is 147 Å². The molecule has 0 bridgehead atoms. The monoisotopic (exact) mass is 347 g/mol.